The van der Waals surface area contributed by atoms with E-state index in [2.05, 4.69) is 15.2 Å². The highest BCUT2D eigenvalue weighted by Crippen LogP contribution is 2.47. The number of hydrogen-bond donors (Lipinski definition) is 2. The number of benzene rings is 2. The van der Waals surface area contributed by atoms with Crippen LogP contribution in [0.15, 0.2) is 66.9 Å². The highest BCUT2D eigenvalue weighted by molar-refractivity contribution is 6.32. The molecule has 0 aliphatic heterocycles. The molecule has 5 nitrogen and oxygen atoms in total. The van der Waals surface area contributed by atoms with Crippen LogP contribution in [0.4, 0.5) is 4.39 Å². The normalized spacial score (nSPS) is 14.9. The van der Waals surface area contributed by atoms with Crippen molar-refractivity contribution in [1.29, 1.82) is 0 Å². The summed E-state index contributed by atoms with van der Waals surface area (Å²) in [5, 5.41) is 16.5. The van der Waals surface area contributed by atoms with Gasteiger partial charge < -0.3 is 5.11 Å². The third-order valence-corrected chi connectivity index (χ3v) is 6.52. The molecule has 1 aliphatic carbocycles. The summed E-state index contributed by atoms with van der Waals surface area (Å²) >= 11 is 6.63. The van der Waals surface area contributed by atoms with Crippen molar-refractivity contribution >= 4 is 45.7 Å². The van der Waals surface area contributed by atoms with Gasteiger partial charge in [0.25, 0.3) is 0 Å². The molecule has 2 N–H and O–H groups in total. The number of hydrogen-bond acceptors (Lipinski definition) is 3. The summed E-state index contributed by atoms with van der Waals surface area (Å²) in [4.78, 5) is 15.5. The number of allylic oxidation sites excluding steroid dienone is 1. The summed E-state index contributed by atoms with van der Waals surface area (Å²) in [5.74, 6) is -1.27. The Morgan fingerprint density at radius 1 is 1.12 bits per heavy atom. The highest BCUT2D eigenvalue weighted by atomic mass is 35.5. The maximum absolute atomic E-state index is 14.9. The van der Waals surface area contributed by atoms with Crippen LogP contribution in [0.3, 0.4) is 0 Å². The van der Waals surface area contributed by atoms with Gasteiger partial charge in [-0.25, -0.2) is 4.79 Å². The van der Waals surface area contributed by atoms with Crippen LogP contribution in [-0.2, 0) is 4.79 Å². The first-order valence-corrected chi connectivity index (χ1v) is 11.4. The molecule has 5 rings (SSSR count). The summed E-state index contributed by atoms with van der Waals surface area (Å²) < 4.78 is 14.9. The van der Waals surface area contributed by atoms with E-state index in [1.165, 1.54) is 6.08 Å². The van der Waals surface area contributed by atoms with Gasteiger partial charge in [-0.2, -0.15) is 9.49 Å². The number of carboxylic acids is 1. The van der Waals surface area contributed by atoms with Gasteiger partial charge >= 0.3 is 5.97 Å². The van der Waals surface area contributed by atoms with E-state index >= 15 is 0 Å². The van der Waals surface area contributed by atoms with E-state index in [0.29, 0.717) is 27.2 Å². The molecule has 0 bridgehead atoms. The molecule has 2 aromatic carbocycles. The van der Waals surface area contributed by atoms with Crippen LogP contribution in [0.1, 0.15) is 41.6 Å². The lowest BCUT2D eigenvalue weighted by Gasteiger charge is -2.31. The first-order chi connectivity index (χ1) is 16.5. The van der Waals surface area contributed by atoms with Gasteiger partial charge in [0.15, 0.2) is 0 Å². The van der Waals surface area contributed by atoms with E-state index in [-0.39, 0.29) is 5.92 Å². The fraction of sp³-hybridized carbons (Fsp3) is 0.148. The van der Waals surface area contributed by atoms with E-state index < -0.39 is 11.9 Å². The number of halogens is 2. The summed E-state index contributed by atoms with van der Waals surface area (Å²) in [6.45, 7) is 0. The summed E-state index contributed by atoms with van der Waals surface area (Å²) in [5.41, 5.74) is 5.39. The number of carboxylic acid groups (broad SMARTS) is 1. The smallest absolute Gasteiger partial charge is 0.328 e. The molecule has 1 saturated carbocycles. The molecule has 34 heavy (non-hydrogen) atoms. The van der Waals surface area contributed by atoms with Gasteiger partial charge in [-0.05, 0) is 70.9 Å². The first-order valence-electron chi connectivity index (χ1n) is 11.0. The van der Waals surface area contributed by atoms with Crippen LogP contribution in [0.5, 0.6) is 0 Å². The Morgan fingerprint density at radius 2 is 1.91 bits per heavy atom. The van der Waals surface area contributed by atoms with Crippen LogP contribution >= 0.6 is 11.6 Å². The number of pyridine rings is 1. The zero-order chi connectivity index (χ0) is 23.7. The molecule has 1 fully saturated rings. The molecule has 4 aromatic rings. The third kappa shape index (κ3) is 4.13. The van der Waals surface area contributed by atoms with Crippen molar-refractivity contribution in [3.63, 3.8) is 0 Å². The minimum atomic E-state index is -1.01. The van der Waals surface area contributed by atoms with E-state index in [9.17, 15) is 9.18 Å². The zero-order valence-corrected chi connectivity index (χ0v) is 18.9. The fourth-order valence-corrected chi connectivity index (χ4v) is 4.64. The molecule has 0 atom stereocenters. The van der Waals surface area contributed by atoms with Gasteiger partial charge in [-0.15, -0.1) is 0 Å². The van der Waals surface area contributed by atoms with Crippen molar-refractivity contribution < 1.29 is 14.3 Å². The van der Waals surface area contributed by atoms with Gasteiger partial charge in [0.1, 0.15) is 0 Å². The van der Waals surface area contributed by atoms with Crippen LogP contribution < -0.4 is 0 Å². The van der Waals surface area contributed by atoms with Crippen LogP contribution in [0, 0.1) is 11.9 Å². The van der Waals surface area contributed by atoms with Gasteiger partial charge in [-0.1, -0.05) is 54.4 Å². The van der Waals surface area contributed by atoms with Crippen molar-refractivity contribution in [2.75, 3.05) is 0 Å². The van der Waals surface area contributed by atoms with Crippen molar-refractivity contribution in [1.82, 2.24) is 15.2 Å². The molecule has 0 spiro atoms. The van der Waals surface area contributed by atoms with E-state index in [1.54, 1.807) is 18.3 Å². The lowest BCUT2D eigenvalue weighted by Crippen LogP contribution is -2.16. The maximum Gasteiger partial charge on any atom is 0.328 e. The zero-order valence-electron chi connectivity index (χ0n) is 18.1. The van der Waals surface area contributed by atoms with Gasteiger partial charge in [-0.3, -0.25) is 10.1 Å². The van der Waals surface area contributed by atoms with Crippen molar-refractivity contribution in [3.8, 4) is 0 Å². The molecule has 1 aliphatic rings. The average Bonchev–Trinajstić information content (AvgIpc) is 3.19. The minimum absolute atomic E-state index is 0.235. The Morgan fingerprint density at radius 3 is 2.59 bits per heavy atom. The van der Waals surface area contributed by atoms with Crippen molar-refractivity contribution in [3.05, 3.63) is 100 Å². The van der Waals surface area contributed by atoms with Gasteiger partial charge in [0.05, 0.1) is 21.6 Å². The molecule has 2 heterocycles. The molecule has 0 radical (unpaired) electrons. The lowest BCUT2D eigenvalue weighted by atomic mass is 9.74. The monoisotopic (exact) mass is 473 g/mol. The minimum Gasteiger partial charge on any atom is -0.478 e. The van der Waals surface area contributed by atoms with Crippen molar-refractivity contribution in [2.24, 2.45) is 5.92 Å². The Hall–Kier alpha value is -3.77. The second kappa shape index (κ2) is 9.23. The molecule has 0 saturated heterocycles. The number of fused-ring (bicyclic) bond motifs is 1. The average molecular weight is 474 g/mol. The maximum atomic E-state index is 14.9. The molecule has 0 unspecified atom stereocenters. The Bertz CT molecular complexity index is 1440. The molecular formula is C27H21ClFN3O2. The standard InChI is InChI=1S/C27H21ClFN3O2/c28-20-7-3-15-30-26(20)24(17-4-1-5-17)23(18-12-9-16(10-13-18)11-14-22(33)34)19-6-2-8-21-25(19)27(29)32-31-21/h2-3,6-15,17H,1,4-5H2,(H,31,32)(H,33,34). The molecular weight excluding hydrogens is 453 g/mol. The number of nitrogens with zero attached hydrogens (tertiary/aromatic N) is 2. The number of rotatable bonds is 6. The predicted molar refractivity (Wildman–Crippen MR) is 132 cm³/mol. The fourth-order valence-electron chi connectivity index (χ4n) is 4.42. The molecule has 7 heteroatoms. The summed E-state index contributed by atoms with van der Waals surface area (Å²) in [7, 11) is 0. The highest BCUT2D eigenvalue weighted by Gasteiger charge is 2.30. The quantitative estimate of drug-likeness (QED) is 0.309. The van der Waals surface area contributed by atoms with Crippen LogP contribution in [-0.4, -0.2) is 26.3 Å². The van der Waals surface area contributed by atoms with Crippen LogP contribution in [0.25, 0.3) is 28.1 Å². The first kappa shape index (κ1) is 22.0. The lowest BCUT2D eigenvalue weighted by molar-refractivity contribution is -0.131. The summed E-state index contributed by atoms with van der Waals surface area (Å²) in [6, 6.07) is 16.7. The number of carbonyl (C=O) groups is 1. The second-order valence-corrected chi connectivity index (χ2v) is 8.69. The predicted octanol–water partition coefficient (Wildman–Crippen LogP) is 6.61. The second-order valence-electron chi connectivity index (χ2n) is 8.28. The number of H-pyrrole nitrogens is 1. The van der Waals surface area contributed by atoms with E-state index in [4.69, 9.17) is 16.7 Å². The van der Waals surface area contributed by atoms with Crippen LogP contribution in [0.2, 0.25) is 5.02 Å². The largest absolute Gasteiger partial charge is 0.478 e. The summed E-state index contributed by atoms with van der Waals surface area (Å²) in [6.07, 6.45) is 7.45. The Labute approximate surface area is 200 Å². The third-order valence-electron chi connectivity index (χ3n) is 6.22. The molecule has 2 aromatic heterocycles. The van der Waals surface area contributed by atoms with E-state index in [0.717, 1.165) is 47.6 Å². The van der Waals surface area contributed by atoms with E-state index in [1.807, 2.05) is 42.5 Å². The van der Waals surface area contributed by atoms with Gasteiger partial charge in [0.2, 0.25) is 5.95 Å². The number of aromatic nitrogens is 3. The molecule has 0 amide bonds. The molecule has 170 valence electrons. The number of aliphatic carboxylic acids is 1. The SMILES string of the molecule is O=C(O)C=Cc1ccc(C(=C(c2ncccc2Cl)C2CCC2)c2cccc3n[nH]c(F)c23)cc1. The number of nitrogens with one attached hydrogen (secondary N) is 1. The Kier molecular flexibility index (Phi) is 5.99. The van der Waals surface area contributed by atoms with Gasteiger partial charge in [0, 0.05) is 12.3 Å². The van der Waals surface area contributed by atoms with Crippen molar-refractivity contribution in [2.45, 2.75) is 19.3 Å². The number of aromatic amines is 1. The topological polar surface area (TPSA) is 78.9 Å². The Balaban J connectivity index is 1.81.